The number of hydrogen-bond acceptors (Lipinski definition) is 4. The van der Waals surface area contributed by atoms with Crippen molar-refractivity contribution < 1.29 is 4.79 Å². The van der Waals surface area contributed by atoms with Crippen molar-refractivity contribution in [3.8, 4) is 11.3 Å². The summed E-state index contributed by atoms with van der Waals surface area (Å²) < 4.78 is 0. The first-order chi connectivity index (χ1) is 11.3. The lowest BCUT2D eigenvalue weighted by molar-refractivity contribution is 0.0644. The minimum atomic E-state index is 0.0194. The second kappa shape index (κ2) is 7.43. The molecule has 0 spiro atoms. The number of nitrogens with zero attached hydrogens (tertiary/aromatic N) is 4. The zero-order valence-electron chi connectivity index (χ0n) is 15.3. The molecule has 1 amide bonds. The number of anilines is 1. The third-order valence-electron chi connectivity index (χ3n) is 3.86. The Morgan fingerprint density at radius 2 is 1.54 bits per heavy atom. The standard InChI is InChI=1S/C19H26N4O/c1-13(2)23(14(3)4)19(24)16-10-8-7-9-15(16)17-18(22(5)6)21-12-11-20-17/h7-14H,1-6H3. The molecule has 128 valence electrons. The van der Waals surface area contributed by atoms with Gasteiger partial charge in [-0.25, -0.2) is 4.98 Å². The summed E-state index contributed by atoms with van der Waals surface area (Å²) in [5.41, 5.74) is 2.19. The predicted molar refractivity (Wildman–Crippen MR) is 98.2 cm³/mol. The van der Waals surface area contributed by atoms with Crippen LogP contribution >= 0.6 is 0 Å². The first-order valence-corrected chi connectivity index (χ1v) is 8.25. The maximum atomic E-state index is 13.2. The van der Waals surface area contributed by atoms with E-state index in [1.165, 1.54) is 0 Å². The first kappa shape index (κ1) is 17.9. The summed E-state index contributed by atoms with van der Waals surface area (Å²) in [6.45, 7) is 8.14. The Labute approximate surface area is 144 Å². The lowest BCUT2D eigenvalue weighted by Gasteiger charge is -2.31. The number of carbonyl (C=O) groups is 1. The van der Waals surface area contributed by atoms with Gasteiger partial charge in [-0.05, 0) is 33.8 Å². The Morgan fingerprint density at radius 3 is 2.12 bits per heavy atom. The number of hydrogen-bond donors (Lipinski definition) is 0. The van der Waals surface area contributed by atoms with E-state index >= 15 is 0 Å². The van der Waals surface area contributed by atoms with Gasteiger partial charge in [-0.2, -0.15) is 0 Å². The summed E-state index contributed by atoms with van der Waals surface area (Å²) in [5.74, 6) is 0.768. The smallest absolute Gasteiger partial charge is 0.255 e. The number of benzene rings is 1. The normalized spacial score (nSPS) is 11.0. The largest absolute Gasteiger partial charge is 0.361 e. The Kier molecular flexibility index (Phi) is 5.54. The molecule has 5 heteroatoms. The van der Waals surface area contributed by atoms with E-state index in [-0.39, 0.29) is 18.0 Å². The van der Waals surface area contributed by atoms with Crippen LogP contribution in [0.1, 0.15) is 38.1 Å². The van der Waals surface area contributed by atoms with Gasteiger partial charge in [0.05, 0.1) is 0 Å². The molecule has 24 heavy (non-hydrogen) atoms. The summed E-state index contributed by atoms with van der Waals surface area (Å²) in [4.78, 5) is 25.9. The quantitative estimate of drug-likeness (QED) is 0.844. The molecule has 0 saturated heterocycles. The van der Waals surface area contributed by atoms with Crippen molar-refractivity contribution in [3.63, 3.8) is 0 Å². The van der Waals surface area contributed by atoms with Crippen LogP contribution in [-0.2, 0) is 0 Å². The molecule has 5 nitrogen and oxygen atoms in total. The highest BCUT2D eigenvalue weighted by Gasteiger charge is 2.25. The second-order valence-corrected chi connectivity index (χ2v) is 6.57. The topological polar surface area (TPSA) is 49.3 Å². The third kappa shape index (κ3) is 3.55. The molecule has 1 heterocycles. The summed E-state index contributed by atoms with van der Waals surface area (Å²) in [7, 11) is 3.85. The van der Waals surface area contributed by atoms with Gasteiger partial charge in [0.25, 0.3) is 5.91 Å². The molecule has 0 unspecified atom stereocenters. The van der Waals surface area contributed by atoms with E-state index in [1.54, 1.807) is 12.4 Å². The monoisotopic (exact) mass is 326 g/mol. The molecule has 0 saturated carbocycles. The van der Waals surface area contributed by atoms with E-state index in [0.717, 1.165) is 17.1 Å². The van der Waals surface area contributed by atoms with Crippen LogP contribution in [0.3, 0.4) is 0 Å². The van der Waals surface area contributed by atoms with Gasteiger partial charge in [0.2, 0.25) is 0 Å². The predicted octanol–water partition coefficient (Wildman–Crippen LogP) is 3.47. The Hall–Kier alpha value is -2.43. The summed E-state index contributed by atoms with van der Waals surface area (Å²) in [6.07, 6.45) is 3.32. The van der Waals surface area contributed by atoms with Crippen LogP contribution in [-0.4, -0.2) is 47.0 Å². The second-order valence-electron chi connectivity index (χ2n) is 6.57. The van der Waals surface area contributed by atoms with Crippen molar-refractivity contribution in [2.75, 3.05) is 19.0 Å². The SMILES string of the molecule is CC(C)N(C(=O)c1ccccc1-c1nccnc1N(C)C)C(C)C. The highest BCUT2D eigenvalue weighted by atomic mass is 16.2. The Balaban J connectivity index is 2.59. The Morgan fingerprint density at radius 1 is 0.958 bits per heavy atom. The molecule has 0 bridgehead atoms. The van der Waals surface area contributed by atoms with Crippen LogP contribution in [0.2, 0.25) is 0 Å². The van der Waals surface area contributed by atoms with Crippen LogP contribution in [0.5, 0.6) is 0 Å². The molecular weight excluding hydrogens is 300 g/mol. The molecule has 0 N–H and O–H groups in total. The molecular formula is C19H26N4O. The molecule has 2 aromatic rings. The zero-order valence-corrected chi connectivity index (χ0v) is 15.3. The average Bonchev–Trinajstić information content (AvgIpc) is 2.54. The van der Waals surface area contributed by atoms with Crippen molar-refractivity contribution in [1.29, 1.82) is 0 Å². The van der Waals surface area contributed by atoms with Gasteiger partial charge in [-0.15, -0.1) is 0 Å². The van der Waals surface area contributed by atoms with Crippen LogP contribution in [0.4, 0.5) is 5.82 Å². The molecule has 0 aliphatic rings. The van der Waals surface area contributed by atoms with Gasteiger partial charge >= 0.3 is 0 Å². The molecule has 0 atom stereocenters. The molecule has 1 aromatic carbocycles. The summed E-state index contributed by atoms with van der Waals surface area (Å²) in [6, 6.07) is 7.87. The molecule has 0 fully saturated rings. The van der Waals surface area contributed by atoms with E-state index in [1.807, 2.05) is 75.9 Å². The lowest BCUT2D eigenvalue weighted by Crippen LogP contribution is -2.42. The maximum absolute atomic E-state index is 13.2. The van der Waals surface area contributed by atoms with Gasteiger partial charge < -0.3 is 9.80 Å². The fourth-order valence-corrected chi connectivity index (χ4v) is 2.93. The molecule has 2 rings (SSSR count). The highest BCUT2D eigenvalue weighted by molar-refractivity contribution is 6.01. The first-order valence-electron chi connectivity index (χ1n) is 8.25. The van der Waals surface area contributed by atoms with Crippen LogP contribution in [0.15, 0.2) is 36.7 Å². The summed E-state index contributed by atoms with van der Waals surface area (Å²) in [5, 5.41) is 0. The van der Waals surface area contributed by atoms with Crippen LogP contribution in [0.25, 0.3) is 11.3 Å². The van der Waals surface area contributed by atoms with Crippen molar-refractivity contribution >= 4 is 11.7 Å². The average molecular weight is 326 g/mol. The van der Waals surface area contributed by atoms with Gasteiger partial charge in [-0.3, -0.25) is 9.78 Å². The summed E-state index contributed by atoms with van der Waals surface area (Å²) >= 11 is 0. The molecule has 0 aliphatic heterocycles. The minimum absolute atomic E-state index is 0.0194. The van der Waals surface area contributed by atoms with E-state index in [2.05, 4.69) is 9.97 Å². The highest BCUT2D eigenvalue weighted by Crippen LogP contribution is 2.29. The van der Waals surface area contributed by atoms with E-state index in [0.29, 0.717) is 5.56 Å². The van der Waals surface area contributed by atoms with Crippen molar-refractivity contribution in [3.05, 3.63) is 42.2 Å². The van der Waals surface area contributed by atoms with Crippen LogP contribution < -0.4 is 4.90 Å². The third-order valence-corrected chi connectivity index (χ3v) is 3.86. The van der Waals surface area contributed by atoms with Crippen molar-refractivity contribution in [1.82, 2.24) is 14.9 Å². The van der Waals surface area contributed by atoms with E-state index in [9.17, 15) is 4.79 Å². The van der Waals surface area contributed by atoms with Crippen molar-refractivity contribution in [2.45, 2.75) is 39.8 Å². The fourth-order valence-electron chi connectivity index (χ4n) is 2.93. The van der Waals surface area contributed by atoms with E-state index in [4.69, 9.17) is 0 Å². The molecule has 1 aromatic heterocycles. The zero-order chi connectivity index (χ0) is 17.9. The van der Waals surface area contributed by atoms with E-state index < -0.39 is 0 Å². The fraction of sp³-hybridized carbons (Fsp3) is 0.421. The lowest BCUT2D eigenvalue weighted by atomic mass is 10.0. The number of amides is 1. The van der Waals surface area contributed by atoms with Crippen molar-refractivity contribution in [2.24, 2.45) is 0 Å². The number of rotatable bonds is 5. The van der Waals surface area contributed by atoms with Gasteiger partial charge in [0.1, 0.15) is 5.69 Å². The number of carbonyl (C=O) groups excluding carboxylic acids is 1. The minimum Gasteiger partial charge on any atom is -0.361 e. The maximum Gasteiger partial charge on any atom is 0.255 e. The number of aromatic nitrogens is 2. The van der Waals surface area contributed by atoms with Gasteiger partial charge in [0, 0.05) is 49.7 Å². The molecule has 0 radical (unpaired) electrons. The van der Waals surface area contributed by atoms with Gasteiger partial charge in [0.15, 0.2) is 5.82 Å². The Bertz CT molecular complexity index is 702. The van der Waals surface area contributed by atoms with Crippen LogP contribution in [0, 0.1) is 0 Å². The molecule has 0 aliphatic carbocycles. The van der Waals surface area contributed by atoms with Gasteiger partial charge in [-0.1, -0.05) is 18.2 Å².